The standard InChI is InChI=1S/C16H18N2O3/c1-21-12-13-5-4-7-15(11-13)17-10-9-14-6-2-3-8-16(14)18(19)20/h2-8,11,17H,9-10,12H2,1H3. The summed E-state index contributed by atoms with van der Waals surface area (Å²) in [6.45, 7) is 1.21. The van der Waals surface area contributed by atoms with E-state index in [1.807, 2.05) is 30.3 Å². The Bertz CT molecular complexity index is 614. The van der Waals surface area contributed by atoms with Crippen LogP contribution in [0, 0.1) is 10.1 Å². The summed E-state index contributed by atoms with van der Waals surface area (Å²) in [7, 11) is 1.66. The SMILES string of the molecule is COCc1cccc(NCCc2ccccc2[N+](=O)[O-])c1. The van der Waals surface area contributed by atoms with Gasteiger partial charge in [-0.3, -0.25) is 10.1 Å². The molecule has 0 saturated carbocycles. The number of rotatable bonds is 7. The van der Waals surface area contributed by atoms with E-state index in [0.29, 0.717) is 19.6 Å². The minimum atomic E-state index is -0.339. The molecule has 5 nitrogen and oxygen atoms in total. The summed E-state index contributed by atoms with van der Waals surface area (Å²) in [6.07, 6.45) is 0.603. The lowest BCUT2D eigenvalue weighted by Gasteiger charge is -2.08. The fourth-order valence-electron chi connectivity index (χ4n) is 2.18. The summed E-state index contributed by atoms with van der Waals surface area (Å²) in [5.74, 6) is 0. The van der Waals surface area contributed by atoms with Crippen LogP contribution in [0.1, 0.15) is 11.1 Å². The molecule has 0 aromatic heterocycles. The number of benzene rings is 2. The average molecular weight is 286 g/mol. The molecule has 0 fully saturated rings. The Kier molecular flexibility index (Phi) is 5.29. The van der Waals surface area contributed by atoms with Crippen LogP contribution < -0.4 is 5.32 Å². The number of nitro benzene ring substituents is 1. The number of hydrogen-bond donors (Lipinski definition) is 1. The smallest absolute Gasteiger partial charge is 0.272 e. The summed E-state index contributed by atoms with van der Waals surface area (Å²) in [6, 6.07) is 14.8. The van der Waals surface area contributed by atoms with Crippen molar-refractivity contribution in [1.82, 2.24) is 0 Å². The molecular formula is C16H18N2O3. The van der Waals surface area contributed by atoms with Crippen molar-refractivity contribution in [2.45, 2.75) is 13.0 Å². The zero-order valence-corrected chi connectivity index (χ0v) is 11.9. The Morgan fingerprint density at radius 2 is 2.00 bits per heavy atom. The molecule has 2 aromatic carbocycles. The maximum absolute atomic E-state index is 10.9. The lowest BCUT2D eigenvalue weighted by atomic mass is 10.1. The van der Waals surface area contributed by atoms with Crippen molar-refractivity contribution in [2.75, 3.05) is 19.0 Å². The first-order valence-electron chi connectivity index (χ1n) is 6.75. The number of para-hydroxylation sites is 1. The topological polar surface area (TPSA) is 64.4 Å². The molecule has 0 aliphatic heterocycles. The van der Waals surface area contributed by atoms with E-state index in [2.05, 4.69) is 5.32 Å². The summed E-state index contributed by atoms with van der Waals surface area (Å²) >= 11 is 0. The highest BCUT2D eigenvalue weighted by Crippen LogP contribution is 2.18. The van der Waals surface area contributed by atoms with Crippen molar-refractivity contribution in [3.8, 4) is 0 Å². The van der Waals surface area contributed by atoms with E-state index in [4.69, 9.17) is 4.74 Å². The fourth-order valence-corrected chi connectivity index (χ4v) is 2.18. The van der Waals surface area contributed by atoms with Crippen LogP contribution in [0.5, 0.6) is 0 Å². The van der Waals surface area contributed by atoms with E-state index in [9.17, 15) is 10.1 Å². The highest BCUT2D eigenvalue weighted by Gasteiger charge is 2.11. The quantitative estimate of drug-likeness (QED) is 0.626. The van der Waals surface area contributed by atoms with E-state index in [1.54, 1.807) is 19.2 Å². The van der Waals surface area contributed by atoms with Gasteiger partial charge >= 0.3 is 0 Å². The lowest BCUT2D eigenvalue weighted by molar-refractivity contribution is -0.385. The molecule has 0 atom stereocenters. The molecule has 2 aromatic rings. The average Bonchev–Trinajstić information content (AvgIpc) is 2.48. The van der Waals surface area contributed by atoms with Crippen LogP contribution in [-0.4, -0.2) is 18.6 Å². The molecule has 0 amide bonds. The number of hydrogen-bond acceptors (Lipinski definition) is 4. The van der Waals surface area contributed by atoms with Crippen molar-refractivity contribution in [3.63, 3.8) is 0 Å². The van der Waals surface area contributed by atoms with Gasteiger partial charge in [0.1, 0.15) is 0 Å². The minimum absolute atomic E-state index is 0.174. The van der Waals surface area contributed by atoms with Crippen molar-refractivity contribution in [1.29, 1.82) is 0 Å². The molecule has 110 valence electrons. The first kappa shape index (κ1) is 15.0. The molecule has 0 spiro atoms. The molecule has 0 heterocycles. The predicted molar refractivity (Wildman–Crippen MR) is 82.4 cm³/mol. The Morgan fingerprint density at radius 3 is 2.76 bits per heavy atom. The van der Waals surface area contributed by atoms with Gasteiger partial charge in [-0.1, -0.05) is 30.3 Å². The number of methoxy groups -OCH3 is 1. The lowest BCUT2D eigenvalue weighted by Crippen LogP contribution is -2.06. The van der Waals surface area contributed by atoms with Gasteiger partial charge in [0.25, 0.3) is 5.69 Å². The van der Waals surface area contributed by atoms with Crippen molar-refractivity contribution in [3.05, 3.63) is 69.8 Å². The van der Waals surface area contributed by atoms with Gasteiger partial charge in [0.05, 0.1) is 11.5 Å². The van der Waals surface area contributed by atoms with Crippen LogP contribution in [0.4, 0.5) is 11.4 Å². The van der Waals surface area contributed by atoms with Crippen molar-refractivity contribution >= 4 is 11.4 Å². The normalized spacial score (nSPS) is 10.3. The van der Waals surface area contributed by atoms with E-state index in [-0.39, 0.29) is 10.6 Å². The molecule has 0 aliphatic carbocycles. The molecule has 0 saturated heterocycles. The van der Waals surface area contributed by atoms with Crippen molar-refractivity contribution < 1.29 is 9.66 Å². The van der Waals surface area contributed by atoms with Crippen LogP contribution >= 0.6 is 0 Å². The fraction of sp³-hybridized carbons (Fsp3) is 0.250. The third-order valence-corrected chi connectivity index (χ3v) is 3.15. The highest BCUT2D eigenvalue weighted by molar-refractivity contribution is 5.46. The second kappa shape index (κ2) is 7.40. The van der Waals surface area contributed by atoms with Gasteiger partial charge in [-0.15, -0.1) is 0 Å². The zero-order chi connectivity index (χ0) is 15.1. The monoisotopic (exact) mass is 286 g/mol. The summed E-state index contributed by atoms with van der Waals surface area (Å²) in [5.41, 5.74) is 2.99. The Morgan fingerprint density at radius 1 is 1.19 bits per heavy atom. The van der Waals surface area contributed by atoms with Crippen LogP contribution in [0.2, 0.25) is 0 Å². The number of nitrogens with zero attached hydrogens (tertiary/aromatic N) is 1. The van der Waals surface area contributed by atoms with Gasteiger partial charge in [-0.05, 0) is 24.1 Å². The maximum atomic E-state index is 10.9. The molecule has 1 N–H and O–H groups in total. The van der Waals surface area contributed by atoms with Gasteiger partial charge < -0.3 is 10.1 Å². The number of ether oxygens (including phenoxy) is 1. The van der Waals surface area contributed by atoms with Gasteiger partial charge in [-0.2, -0.15) is 0 Å². The Balaban J connectivity index is 1.95. The summed E-state index contributed by atoms with van der Waals surface area (Å²) < 4.78 is 5.10. The predicted octanol–water partition coefficient (Wildman–Crippen LogP) is 3.40. The van der Waals surface area contributed by atoms with Gasteiger partial charge in [0.15, 0.2) is 0 Å². The number of nitrogens with one attached hydrogen (secondary N) is 1. The third kappa shape index (κ3) is 4.29. The van der Waals surface area contributed by atoms with Gasteiger partial charge in [-0.25, -0.2) is 0 Å². The molecule has 5 heteroatoms. The Hall–Kier alpha value is -2.40. The number of nitro groups is 1. The van der Waals surface area contributed by atoms with Crippen LogP contribution in [0.15, 0.2) is 48.5 Å². The summed E-state index contributed by atoms with van der Waals surface area (Å²) in [4.78, 5) is 10.6. The van der Waals surface area contributed by atoms with E-state index in [0.717, 1.165) is 16.8 Å². The first-order chi connectivity index (χ1) is 10.2. The van der Waals surface area contributed by atoms with Gasteiger partial charge in [0, 0.05) is 31.0 Å². The second-order valence-corrected chi connectivity index (χ2v) is 4.70. The van der Waals surface area contributed by atoms with Crippen LogP contribution in [0.3, 0.4) is 0 Å². The van der Waals surface area contributed by atoms with Crippen LogP contribution in [0.25, 0.3) is 0 Å². The molecule has 0 bridgehead atoms. The molecule has 21 heavy (non-hydrogen) atoms. The minimum Gasteiger partial charge on any atom is -0.385 e. The van der Waals surface area contributed by atoms with Gasteiger partial charge in [0.2, 0.25) is 0 Å². The molecule has 0 radical (unpaired) electrons. The van der Waals surface area contributed by atoms with E-state index < -0.39 is 0 Å². The molecule has 0 unspecified atom stereocenters. The molecule has 0 aliphatic rings. The molecular weight excluding hydrogens is 268 g/mol. The zero-order valence-electron chi connectivity index (χ0n) is 11.9. The third-order valence-electron chi connectivity index (χ3n) is 3.15. The largest absolute Gasteiger partial charge is 0.385 e. The van der Waals surface area contributed by atoms with Crippen LogP contribution in [-0.2, 0) is 17.8 Å². The number of anilines is 1. The molecule has 2 rings (SSSR count). The van der Waals surface area contributed by atoms with Crippen molar-refractivity contribution in [2.24, 2.45) is 0 Å². The Labute approximate surface area is 123 Å². The highest BCUT2D eigenvalue weighted by atomic mass is 16.6. The second-order valence-electron chi connectivity index (χ2n) is 4.70. The maximum Gasteiger partial charge on any atom is 0.272 e. The van der Waals surface area contributed by atoms with E-state index >= 15 is 0 Å². The summed E-state index contributed by atoms with van der Waals surface area (Å²) in [5, 5.41) is 14.2. The van der Waals surface area contributed by atoms with E-state index in [1.165, 1.54) is 6.07 Å². The first-order valence-corrected chi connectivity index (χ1v) is 6.75.